The van der Waals surface area contributed by atoms with Crippen LogP contribution in [-0.4, -0.2) is 24.5 Å². The molecule has 0 atom stereocenters. The van der Waals surface area contributed by atoms with E-state index in [1.54, 1.807) is 18.3 Å². The molecule has 0 aliphatic carbocycles. The maximum Gasteiger partial charge on any atom is 0.191 e. The molecule has 3 rings (SSSR count). The van der Waals surface area contributed by atoms with Crippen molar-refractivity contribution in [2.45, 2.75) is 26.2 Å². The van der Waals surface area contributed by atoms with Crippen LogP contribution in [0.25, 0.3) is 0 Å². The van der Waals surface area contributed by atoms with Crippen LogP contribution in [0, 0.1) is 0 Å². The van der Waals surface area contributed by atoms with Gasteiger partial charge in [0.15, 0.2) is 10.9 Å². The standard InChI is InChI=1S/C26H27Cl2N3O2S/c1-26(2,3)19-9-11-21(12-10-19)32-13-14-33-24-22(27)15-18(16-23(24)28)17-29-31-25(34)30-20-7-5-4-6-8-20/h4-12,15-17H,13-14H2,1-3H3,(H2,30,31,34)/b29-17+. The molecule has 5 nitrogen and oxygen atoms in total. The third kappa shape index (κ3) is 7.90. The fraction of sp³-hybridized carbons (Fsp3) is 0.231. The van der Waals surface area contributed by atoms with Crippen molar-refractivity contribution in [2.75, 3.05) is 18.5 Å². The van der Waals surface area contributed by atoms with E-state index in [0.717, 1.165) is 11.4 Å². The van der Waals surface area contributed by atoms with Gasteiger partial charge in [0.05, 0.1) is 16.3 Å². The lowest BCUT2D eigenvalue weighted by atomic mass is 9.87. The molecule has 0 amide bonds. The largest absolute Gasteiger partial charge is 0.490 e. The van der Waals surface area contributed by atoms with Crippen molar-refractivity contribution < 1.29 is 9.47 Å². The summed E-state index contributed by atoms with van der Waals surface area (Å²) >= 11 is 18.0. The monoisotopic (exact) mass is 515 g/mol. The molecule has 0 saturated carbocycles. The van der Waals surface area contributed by atoms with E-state index in [-0.39, 0.29) is 5.41 Å². The number of benzene rings is 3. The summed E-state index contributed by atoms with van der Waals surface area (Å²) in [4.78, 5) is 0. The number of nitrogens with zero attached hydrogens (tertiary/aromatic N) is 1. The summed E-state index contributed by atoms with van der Waals surface area (Å²) in [7, 11) is 0. The Kier molecular flexibility index (Phi) is 9.16. The van der Waals surface area contributed by atoms with Gasteiger partial charge in [-0.3, -0.25) is 5.43 Å². The first-order valence-electron chi connectivity index (χ1n) is 10.7. The number of hydrazone groups is 1. The zero-order valence-electron chi connectivity index (χ0n) is 19.3. The highest BCUT2D eigenvalue weighted by atomic mass is 35.5. The minimum Gasteiger partial charge on any atom is -0.490 e. The van der Waals surface area contributed by atoms with Gasteiger partial charge >= 0.3 is 0 Å². The fourth-order valence-corrected chi connectivity index (χ4v) is 3.78. The Morgan fingerprint density at radius 3 is 2.18 bits per heavy atom. The second-order valence-electron chi connectivity index (χ2n) is 8.48. The number of hydrogen-bond donors (Lipinski definition) is 2. The number of hydrogen-bond acceptors (Lipinski definition) is 4. The van der Waals surface area contributed by atoms with Crippen LogP contribution < -0.4 is 20.2 Å². The van der Waals surface area contributed by atoms with E-state index in [1.807, 2.05) is 42.5 Å². The molecule has 3 aromatic rings. The normalized spacial score (nSPS) is 11.3. The summed E-state index contributed by atoms with van der Waals surface area (Å²) in [6, 6.07) is 21.1. The Morgan fingerprint density at radius 1 is 0.941 bits per heavy atom. The van der Waals surface area contributed by atoms with Crippen molar-refractivity contribution in [1.82, 2.24) is 5.43 Å². The zero-order valence-corrected chi connectivity index (χ0v) is 21.6. The van der Waals surface area contributed by atoms with E-state index < -0.39 is 0 Å². The van der Waals surface area contributed by atoms with Gasteiger partial charge in [0.2, 0.25) is 0 Å². The first kappa shape index (κ1) is 25.8. The number of ether oxygens (including phenoxy) is 2. The van der Waals surface area contributed by atoms with Gasteiger partial charge in [0.1, 0.15) is 19.0 Å². The minimum absolute atomic E-state index is 0.104. The Bertz CT molecular complexity index is 1110. The molecule has 0 bridgehead atoms. The highest BCUT2D eigenvalue weighted by Gasteiger charge is 2.13. The van der Waals surface area contributed by atoms with Crippen molar-refractivity contribution in [3.63, 3.8) is 0 Å². The van der Waals surface area contributed by atoms with Gasteiger partial charge < -0.3 is 14.8 Å². The number of rotatable bonds is 8. The van der Waals surface area contributed by atoms with Gasteiger partial charge in [-0.2, -0.15) is 5.10 Å². The maximum absolute atomic E-state index is 6.37. The molecule has 0 radical (unpaired) electrons. The summed E-state index contributed by atoms with van der Waals surface area (Å²) in [5.41, 5.74) is 5.69. The van der Waals surface area contributed by atoms with Crippen molar-refractivity contribution in [2.24, 2.45) is 5.10 Å². The van der Waals surface area contributed by atoms with Crippen LogP contribution in [-0.2, 0) is 5.41 Å². The molecule has 0 spiro atoms. The van der Waals surface area contributed by atoms with Crippen LogP contribution in [0.3, 0.4) is 0 Å². The second-order valence-corrected chi connectivity index (χ2v) is 9.70. The summed E-state index contributed by atoms with van der Waals surface area (Å²) in [6.07, 6.45) is 1.57. The number of halogens is 2. The van der Waals surface area contributed by atoms with Crippen molar-refractivity contribution >= 4 is 52.4 Å². The van der Waals surface area contributed by atoms with Crippen LogP contribution in [0.2, 0.25) is 10.0 Å². The van der Waals surface area contributed by atoms with Gasteiger partial charge in [-0.1, -0.05) is 74.3 Å². The fourth-order valence-electron chi connectivity index (χ4n) is 2.99. The Morgan fingerprint density at radius 2 is 1.56 bits per heavy atom. The molecule has 0 aliphatic heterocycles. The highest BCUT2D eigenvalue weighted by Crippen LogP contribution is 2.34. The number of para-hydroxylation sites is 1. The zero-order chi connectivity index (χ0) is 24.6. The molecular weight excluding hydrogens is 489 g/mol. The van der Waals surface area contributed by atoms with Gasteiger partial charge in [0, 0.05) is 5.69 Å². The number of thiocarbonyl (C=S) groups is 1. The summed E-state index contributed by atoms with van der Waals surface area (Å²) in [6.45, 7) is 7.19. The summed E-state index contributed by atoms with van der Waals surface area (Å²) < 4.78 is 11.5. The average Bonchev–Trinajstić information content (AvgIpc) is 2.78. The third-order valence-corrected chi connectivity index (χ3v) is 5.51. The Balaban J connectivity index is 1.48. The third-order valence-electron chi connectivity index (χ3n) is 4.75. The highest BCUT2D eigenvalue weighted by molar-refractivity contribution is 7.80. The molecule has 0 aliphatic rings. The molecule has 0 unspecified atom stereocenters. The quantitative estimate of drug-likeness (QED) is 0.145. The smallest absolute Gasteiger partial charge is 0.191 e. The van der Waals surface area contributed by atoms with E-state index in [4.69, 9.17) is 44.9 Å². The molecule has 3 aromatic carbocycles. The molecule has 0 saturated heterocycles. The molecule has 2 N–H and O–H groups in total. The lowest BCUT2D eigenvalue weighted by Crippen LogP contribution is -2.23. The molecule has 0 fully saturated rings. The number of nitrogens with one attached hydrogen (secondary N) is 2. The van der Waals surface area contributed by atoms with Crippen LogP contribution in [0.5, 0.6) is 11.5 Å². The van der Waals surface area contributed by atoms with Crippen molar-refractivity contribution in [3.8, 4) is 11.5 Å². The SMILES string of the molecule is CC(C)(C)c1ccc(OCCOc2c(Cl)cc(/C=N/NC(=S)Nc3ccccc3)cc2Cl)cc1. The predicted molar refractivity (Wildman–Crippen MR) is 146 cm³/mol. The first-order chi connectivity index (χ1) is 16.2. The lowest BCUT2D eigenvalue weighted by Gasteiger charge is -2.19. The molecule has 8 heteroatoms. The van der Waals surface area contributed by atoms with Gasteiger partial charge in [-0.15, -0.1) is 0 Å². The van der Waals surface area contributed by atoms with E-state index in [0.29, 0.717) is 39.7 Å². The average molecular weight is 516 g/mol. The van der Waals surface area contributed by atoms with E-state index in [9.17, 15) is 0 Å². The van der Waals surface area contributed by atoms with Gasteiger partial charge in [-0.25, -0.2) is 0 Å². The van der Waals surface area contributed by atoms with Crippen LogP contribution in [0.1, 0.15) is 31.9 Å². The van der Waals surface area contributed by atoms with Crippen LogP contribution in [0.15, 0.2) is 71.8 Å². The summed E-state index contributed by atoms with van der Waals surface area (Å²) in [5.74, 6) is 1.19. The maximum atomic E-state index is 6.37. The van der Waals surface area contributed by atoms with Crippen molar-refractivity contribution in [1.29, 1.82) is 0 Å². The van der Waals surface area contributed by atoms with Crippen molar-refractivity contribution in [3.05, 3.63) is 87.9 Å². The molecule has 34 heavy (non-hydrogen) atoms. The Hall–Kier alpha value is -2.80. The second kappa shape index (κ2) is 12.1. The molecule has 0 heterocycles. The minimum atomic E-state index is 0.104. The van der Waals surface area contributed by atoms with Crippen LogP contribution in [0.4, 0.5) is 5.69 Å². The Labute approximate surface area is 216 Å². The topological polar surface area (TPSA) is 54.9 Å². The molecule has 178 valence electrons. The lowest BCUT2D eigenvalue weighted by molar-refractivity contribution is 0.217. The first-order valence-corrected chi connectivity index (χ1v) is 11.9. The number of anilines is 1. The van der Waals surface area contributed by atoms with E-state index in [2.05, 4.69) is 48.7 Å². The van der Waals surface area contributed by atoms with E-state index in [1.165, 1.54) is 5.56 Å². The van der Waals surface area contributed by atoms with E-state index >= 15 is 0 Å². The van der Waals surface area contributed by atoms with Gasteiger partial charge in [-0.05, 0) is 65.2 Å². The predicted octanol–water partition coefficient (Wildman–Crippen LogP) is 7.07. The van der Waals surface area contributed by atoms with Gasteiger partial charge in [0.25, 0.3) is 0 Å². The van der Waals surface area contributed by atoms with Crippen LogP contribution >= 0.6 is 35.4 Å². The molecule has 0 aromatic heterocycles. The summed E-state index contributed by atoms with van der Waals surface area (Å²) in [5, 5.41) is 8.29. The molecular formula is C26H27Cl2N3O2S.